The number of aryl methyl sites for hydroxylation is 1. The molecule has 0 aliphatic carbocycles. The van der Waals surface area contributed by atoms with Crippen molar-refractivity contribution in [3.63, 3.8) is 0 Å². The van der Waals surface area contributed by atoms with E-state index in [0.717, 1.165) is 15.5 Å². The van der Waals surface area contributed by atoms with Crippen molar-refractivity contribution in [2.75, 3.05) is 0 Å². The van der Waals surface area contributed by atoms with Gasteiger partial charge in [0.15, 0.2) is 0 Å². The number of hydrogen-bond donors (Lipinski definition) is 1. The van der Waals surface area contributed by atoms with Gasteiger partial charge < -0.3 is 5.73 Å². The Labute approximate surface area is 91.7 Å². The molecule has 0 radical (unpaired) electrons. The van der Waals surface area contributed by atoms with Crippen molar-refractivity contribution < 1.29 is 0 Å². The molecule has 15 heavy (non-hydrogen) atoms. The van der Waals surface area contributed by atoms with E-state index in [1.165, 1.54) is 11.8 Å². The average Bonchev–Trinajstić information content (AvgIpc) is 2.65. The molecule has 0 unspecified atom stereocenters. The normalized spacial score (nSPS) is 10.5. The fourth-order valence-corrected chi connectivity index (χ4v) is 2.05. The van der Waals surface area contributed by atoms with Gasteiger partial charge >= 0.3 is 0 Å². The second-order valence-corrected chi connectivity index (χ2v) is 4.08. The van der Waals surface area contributed by atoms with Crippen molar-refractivity contribution in [1.29, 1.82) is 0 Å². The molecule has 0 aliphatic rings. The van der Waals surface area contributed by atoms with Crippen LogP contribution in [-0.2, 0) is 13.6 Å². The Bertz CT molecular complexity index is 453. The molecule has 2 rings (SSSR count). The van der Waals surface area contributed by atoms with E-state index in [-0.39, 0.29) is 0 Å². The summed E-state index contributed by atoms with van der Waals surface area (Å²) in [6.07, 6.45) is 5.37. The average molecular weight is 221 g/mol. The summed E-state index contributed by atoms with van der Waals surface area (Å²) in [5.74, 6) is 0. The van der Waals surface area contributed by atoms with E-state index in [4.69, 9.17) is 5.73 Å². The van der Waals surface area contributed by atoms with Gasteiger partial charge in [0, 0.05) is 31.5 Å². The third kappa shape index (κ3) is 2.34. The van der Waals surface area contributed by atoms with E-state index in [9.17, 15) is 0 Å². The summed E-state index contributed by atoms with van der Waals surface area (Å²) in [5, 5.41) is 12.8. The molecule has 5 nitrogen and oxygen atoms in total. The third-order valence-electron chi connectivity index (χ3n) is 1.88. The van der Waals surface area contributed by atoms with Crippen LogP contribution in [0.15, 0.2) is 34.6 Å². The maximum atomic E-state index is 5.61. The fraction of sp³-hybridized carbons (Fsp3) is 0.222. The van der Waals surface area contributed by atoms with Crippen molar-refractivity contribution in [2.24, 2.45) is 12.8 Å². The van der Waals surface area contributed by atoms with Crippen molar-refractivity contribution in [1.82, 2.24) is 20.0 Å². The Morgan fingerprint density at radius 1 is 1.53 bits per heavy atom. The number of nitrogens with two attached hydrogens (primary N) is 1. The lowest BCUT2D eigenvalue weighted by atomic mass is 10.3. The molecule has 0 fully saturated rings. The van der Waals surface area contributed by atoms with Crippen LogP contribution in [0.3, 0.4) is 0 Å². The molecule has 2 aromatic heterocycles. The number of aromatic nitrogens is 4. The molecule has 6 heteroatoms. The molecular formula is C9H11N5S. The van der Waals surface area contributed by atoms with Crippen LogP contribution in [0.5, 0.6) is 0 Å². The topological polar surface area (TPSA) is 69.6 Å². The summed E-state index contributed by atoms with van der Waals surface area (Å²) in [4.78, 5) is 1.03. The van der Waals surface area contributed by atoms with Crippen molar-refractivity contribution in [3.05, 3.63) is 30.2 Å². The van der Waals surface area contributed by atoms with E-state index in [2.05, 4.69) is 15.3 Å². The summed E-state index contributed by atoms with van der Waals surface area (Å²) in [6, 6.07) is 1.88. The maximum Gasteiger partial charge on any atom is 0.128 e. The summed E-state index contributed by atoms with van der Waals surface area (Å²) < 4.78 is 1.75. The maximum absolute atomic E-state index is 5.61. The van der Waals surface area contributed by atoms with Gasteiger partial charge in [0.2, 0.25) is 0 Å². The molecular weight excluding hydrogens is 210 g/mol. The van der Waals surface area contributed by atoms with Crippen molar-refractivity contribution >= 4 is 11.8 Å². The van der Waals surface area contributed by atoms with Gasteiger partial charge in [0.1, 0.15) is 5.03 Å². The smallest absolute Gasteiger partial charge is 0.128 e. The van der Waals surface area contributed by atoms with Crippen LogP contribution in [0.1, 0.15) is 5.56 Å². The number of nitrogens with zero attached hydrogens (tertiary/aromatic N) is 4. The highest BCUT2D eigenvalue weighted by molar-refractivity contribution is 7.99. The fourth-order valence-electron chi connectivity index (χ4n) is 1.15. The standard InChI is InChI=1S/C9H11N5S/c1-14-6-8(5-12-14)15-9-7(4-10)2-3-11-13-9/h2-3,5-6H,4,10H2,1H3. The minimum absolute atomic E-state index is 0.470. The van der Waals surface area contributed by atoms with E-state index in [1.807, 2.05) is 19.3 Å². The highest BCUT2D eigenvalue weighted by Crippen LogP contribution is 2.27. The Balaban J connectivity index is 2.23. The van der Waals surface area contributed by atoms with Gasteiger partial charge in [-0.25, -0.2) is 0 Å². The molecule has 0 bridgehead atoms. The molecule has 0 spiro atoms. The van der Waals surface area contributed by atoms with Gasteiger partial charge in [0.05, 0.1) is 11.1 Å². The Kier molecular flexibility index (Phi) is 2.98. The first-order valence-corrected chi connectivity index (χ1v) is 5.28. The third-order valence-corrected chi connectivity index (χ3v) is 2.86. The predicted molar refractivity (Wildman–Crippen MR) is 57.3 cm³/mol. The molecule has 2 heterocycles. The van der Waals surface area contributed by atoms with E-state index in [0.29, 0.717) is 6.54 Å². The summed E-state index contributed by atoms with van der Waals surface area (Å²) in [7, 11) is 1.88. The highest BCUT2D eigenvalue weighted by atomic mass is 32.2. The van der Waals surface area contributed by atoms with Gasteiger partial charge in [-0.2, -0.15) is 10.2 Å². The van der Waals surface area contributed by atoms with Crippen molar-refractivity contribution in [2.45, 2.75) is 16.5 Å². The van der Waals surface area contributed by atoms with Crippen LogP contribution in [-0.4, -0.2) is 20.0 Å². The largest absolute Gasteiger partial charge is 0.326 e. The molecule has 0 saturated heterocycles. The number of rotatable bonds is 3. The molecule has 0 amide bonds. The Morgan fingerprint density at radius 3 is 3.07 bits per heavy atom. The summed E-state index contributed by atoms with van der Waals surface area (Å²) in [5.41, 5.74) is 6.61. The van der Waals surface area contributed by atoms with Gasteiger partial charge in [-0.3, -0.25) is 4.68 Å². The first kappa shape index (κ1) is 10.1. The number of hydrogen-bond acceptors (Lipinski definition) is 5. The van der Waals surface area contributed by atoms with E-state index < -0.39 is 0 Å². The van der Waals surface area contributed by atoms with Gasteiger partial charge in [0.25, 0.3) is 0 Å². The summed E-state index contributed by atoms with van der Waals surface area (Å²) >= 11 is 1.52. The first-order valence-electron chi connectivity index (χ1n) is 4.46. The second-order valence-electron chi connectivity index (χ2n) is 3.02. The van der Waals surface area contributed by atoms with Crippen LogP contribution >= 0.6 is 11.8 Å². The molecule has 0 aliphatic heterocycles. The Morgan fingerprint density at radius 2 is 2.40 bits per heavy atom. The zero-order chi connectivity index (χ0) is 10.7. The molecule has 0 saturated carbocycles. The molecule has 0 aromatic carbocycles. The van der Waals surface area contributed by atoms with Crippen LogP contribution in [0.2, 0.25) is 0 Å². The monoisotopic (exact) mass is 221 g/mol. The molecule has 0 atom stereocenters. The SMILES string of the molecule is Cn1cc(Sc2nnccc2CN)cn1. The lowest BCUT2D eigenvalue weighted by molar-refractivity contribution is 0.766. The molecule has 78 valence electrons. The van der Waals surface area contributed by atoms with Gasteiger partial charge in [-0.15, -0.1) is 5.10 Å². The van der Waals surface area contributed by atoms with Crippen LogP contribution < -0.4 is 5.73 Å². The quantitative estimate of drug-likeness (QED) is 0.831. The molecule has 2 N–H and O–H groups in total. The van der Waals surface area contributed by atoms with Crippen LogP contribution in [0.25, 0.3) is 0 Å². The second kappa shape index (κ2) is 4.41. The zero-order valence-electron chi connectivity index (χ0n) is 8.29. The van der Waals surface area contributed by atoms with Crippen molar-refractivity contribution in [3.8, 4) is 0 Å². The molecule has 2 aromatic rings. The van der Waals surface area contributed by atoms with Gasteiger partial charge in [-0.1, -0.05) is 11.8 Å². The first-order chi connectivity index (χ1) is 7.29. The van der Waals surface area contributed by atoms with E-state index in [1.54, 1.807) is 17.1 Å². The van der Waals surface area contributed by atoms with Gasteiger partial charge in [-0.05, 0) is 6.07 Å². The predicted octanol–water partition coefficient (Wildman–Crippen LogP) is 0.820. The van der Waals surface area contributed by atoms with E-state index >= 15 is 0 Å². The summed E-state index contributed by atoms with van der Waals surface area (Å²) in [6.45, 7) is 0.470. The highest BCUT2D eigenvalue weighted by Gasteiger charge is 2.06. The minimum atomic E-state index is 0.470. The lowest BCUT2D eigenvalue weighted by Crippen LogP contribution is -2.00. The van der Waals surface area contributed by atoms with Crippen LogP contribution in [0, 0.1) is 0 Å². The minimum Gasteiger partial charge on any atom is -0.326 e. The lowest BCUT2D eigenvalue weighted by Gasteiger charge is -2.02. The zero-order valence-corrected chi connectivity index (χ0v) is 9.11. The Hall–Kier alpha value is -1.40. The van der Waals surface area contributed by atoms with Crippen LogP contribution in [0.4, 0.5) is 0 Å².